The van der Waals surface area contributed by atoms with Crippen molar-refractivity contribution < 1.29 is 4.74 Å². The third-order valence-electron chi connectivity index (χ3n) is 7.90. The molecule has 0 N–H and O–H groups in total. The number of benzene rings is 3. The number of para-hydroxylation sites is 1. The highest BCUT2D eigenvalue weighted by Gasteiger charge is 2.31. The molecule has 7 heteroatoms. The molecular formula is C33H28N6O. The Kier molecular flexibility index (Phi) is 4.77. The minimum atomic E-state index is 0.0214. The molecule has 3 aromatic heterocycles. The molecule has 0 bridgehead atoms. The number of aromatic nitrogens is 4. The lowest BCUT2D eigenvalue weighted by Gasteiger charge is -2.29. The van der Waals surface area contributed by atoms with Crippen LogP contribution < -0.4 is 9.64 Å². The molecular weight excluding hydrogens is 496 g/mol. The third kappa shape index (κ3) is 3.40. The van der Waals surface area contributed by atoms with Crippen molar-refractivity contribution >= 4 is 33.5 Å². The maximum atomic E-state index is 6.50. The summed E-state index contributed by atoms with van der Waals surface area (Å²) in [5, 5.41) is 2.36. The Hall–Kier alpha value is -4.91. The largest absolute Gasteiger partial charge is 0.457 e. The number of imidazole rings is 1. The lowest BCUT2D eigenvalue weighted by molar-refractivity contribution is 0.483. The molecule has 196 valence electrons. The Morgan fingerprint density at radius 2 is 1.62 bits per heavy atom. The summed E-state index contributed by atoms with van der Waals surface area (Å²) in [6.07, 6.45) is 5.70. The fraction of sp³-hybridized carbons (Fsp3) is 0.182. The van der Waals surface area contributed by atoms with Crippen LogP contribution in [0.1, 0.15) is 26.3 Å². The molecule has 0 fully saturated rings. The second kappa shape index (κ2) is 8.29. The first-order chi connectivity index (χ1) is 19.5. The predicted octanol–water partition coefficient (Wildman–Crippen LogP) is 7.17. The lowest BCUT2D eigenvalue weighted by atomic mass is 9.88. The second-order valence-corrected chi connectivity index (χ2v) is 11.4. The molecule has 2 aliphatic rings. The van der Waals surface area contributed by atoms with E-state index in [1.165, 1.54) is 16.3 Å². The van der Waals surface area contributed by atoms with Gasteiger partial charge in [0.05, 0.1) is 23.3 Å². The number of nitrogens with zero attached hydrogens (tertiary/aromatic N) is 6. The highest BCUT2D eigenvalue weighted by Crippen LogP contribution is 2.40. The number of pyridine rings is 1. The molecule has 5 heterocycles. The van der Waals surface area contributed by atoms with Gasteiger partial charge in [-0.2, -0.15) is 0 Å². The monoisotopic (exact) mass is 524 g/mol. The van der Waals surface area contributed by atoms with E-state index in [9.17, 15) is 0 Å². The summed E-state index contributed by atoms with van der Waals surface area (Å²) in [6.45, 7) is 8.34. The van der Waals surface area contributed by atoms with E-state index in [1.54, 1.807) is 0 Å². The van der Waals surface area contributed by atoms with Crippen LogP contribution in [0.2, 0.25) is 0 Å². The molecule has 0 spiro atoms. The average molecular weight is 525 g/mol. The summed E-state index contributed by atoms with van der Waals surface area (Å²) in [5.74, 6) is 4.27. The highest BCUT2D eigenvalue weighted by atomic mass is 16.5. The SMILES string of the molecule is CC(C)(C)c1ccnc(-n2c3ccccc3c3ccc(Oc4ccc5c(c4)-c4nccn4C4=NCCN45)cc32)c1. The van der Waals surface area contributed by atoms with Crippen LogP contribution in [0.15, 0.2) is 96.4 Å². The summed E-state index contributed by atoms with van der Waals surface area (Å²) in [6, 6.07) is 25.3. The van der Waals surface area contributed by atoms with Gasteiger partial charge in [0.2, 0.25) is 5.96 Å². The van der Waals surface area contributed by atoms with E-state index < -0.39 is 0 Å². The predicted molar refractivity (Wildman–Crippen MR) is 160 cm³/mol. The van der Waals surface area contributed by atoms with Gasteiger partial charge >= 0.3 is 0 Å². The lowest BCUT2D eigenvalue weighted by Crippen LogP contribution is -2.36. The molecule has 0 amide bonds. The van der Waals surface area contributed by atoms with Gasteiger partial charge < -0.3 is 9.64 Å². The zero-order valence-electron chi connectivity index (χ0n) is 22.7. The van der Waals surface area contributed by atoms with E-state index in [4.69, 9.17) is 9.72 Å². The number of rotatable bonds is 3. The van der Waals surface area contributed by atoms with Crippen LogP contribution in [0.5, 0.6) is 11.5 Å². The normalized spacial score (nSPS) is 14.3. The molecule has 0 saturated heterocycles. The van der Waals surface area contributed by atoms with Gasteiger partial charge in [-0.25, -0.2) is 9.97 Å². The van der Waals surface area contributed by atoms with Crippen LogP contribution in [0, 0.1) is 0 Å². The molecule has 0 atom stereocenters. The van der Waals surface area contributed by atoms with Crippen LogP contribution in [0.3, 0.4) is 0 Å². The van der Waals surface area contributed by atoms with E-state index in [-0.39, 0.29) is 5.41 Å². The Morgan fingerprint density at radius 3 is 2.52 bits per heavy atom. The van der Waals surface area contributed by atoms with Gasteiger partial charge in [-0.05, 0) is 59.5 Å². The number of aliphatic imine (C=N–C) groups is 1. The summed E-state index contributed by atoms with van der Waals surface area (Å²) in [7, 11) is 0. The van der Waals surface area contributed by atoms with E-state index in [2.05, 4.69) is 105 Å². The quantitative estimate of drug-likeness (QED) is 0.246. The van der Waals surface area contributed by atoms with Gasteiger partial charge in [-0.1, -0.05) is 39.0 Å². The Morgan fingerprint density at radius 1 is 0.800 bits per heavy atom. The van der Waals surface area contributed by atoms with Gasteiger partial charge in [0.15, 0.2) is 0 Å². The van der Waals surface area contributed by atoms with Crippen molar-refractivity contribution in [2.24, 2.45) is 4.99 Å². The minimum Gasteiger partial charge on any atom is -0.457 e. The number of ether oxygens (including phenoxy) is 1. The molecule has 0 unspecified atom stereocenters. The molecule has 3 aromatic carbocycles. The van der Waals surface area contributed by atoms with Crippen LogP contribution in [0.25, 0.3) is 39.0 Å². The number of anilines is 1. The first kappa shape index (κ1) is 23.0. The van der Waals surface area contributed by atoms with E-state index in [0.717, 1.165) is 64.5 Å². The first-order valence-corrected chi connectivity index (χ1v) is 13.6. The van der Waals surface area contributed by atoms with Crippen molar-refractivity contribution in [1.82, 2.24) is 19.1 Å². The zero-order chi connectivity index (χ0) is 27.0. The Labute approximate surface area is 232 Å². The van der Waals surface area contributed by atoms with E-state index >= 15 is 0 Å². The first-order valence-electron chi connectivity index (χ1n) is 13.6. The molecule has 8 rings (SSSR count). The molecule has 0 saturated carbocycles. The summed E-state index contributed by atoms with van der Waals surface area (Å²) < 4.78 is 10.8. The second-order valence-electron chi connectivity index (χ2n) is 11.4. The van der Waals surface area contributed by atoms with Gasteiger partial charge in [0.25, 0.3) is 0 Å². The van der Waals surface area contributed by atoms with Gasteiger partial charge in [0, 0.05) is 47.5 Å². The molecule has 6 aromatic rings. The van der Waals surface area contributed by atoms with Crippen LogP contribution in [-0.2, 0) is 5.41 Å². The fourth-order valence-corrected chi connectivity index (χ4v) is 5.93. The van der Waals surface area contributed by atoms with E-state index in [0.29, 0.717) is 0 Å². The van der Waals surface area contributed by atoms with Crippen molar-refractivity contribution in [2.45, 2.75) is 26.2 Å². The van der Waals surface area contributed by atoms with Gasteiger partial charge in [0.1, 0.15) is 23.1 Å². The highest BCUT2D eigenvalue weighted by molar-refractivity contribution is 6.09. The minimum absolute atomic E-state index is 0.0214. The molecule has 40 heavy (non-hydrogen) atoms. The van der Waals surface area contributed by atoms with E-state index in [1.807, 2.05) is 30.7 Å². The average Bonchev–Trinajstić information content (AvgIpc) is 3.70. The van der Waals surface area contributed by atoms with Crippen LogP contribution in [0.4, 0.5) is 5.69 Å². The van der Waals surface area contributed by atoms with Crippen molar-refractivity contribution in [3.05, 3.63) is 97.0 Å². The smallest absolute Gasteiger partial charge is 0.211 e. The van der Waals surface area contributed by atoms with Crippen molar-refractivity contribution in [2.75, 3.05) is 18.0 Å². The number of hydrogen-bond acceptors (Lipinski definition) is 5. The standard InChI is InChI=1S/C33H28N6O/c1-33(2,3)21-12-13-34-30(18-21)39-28-7-5-4-6-24(28)25-10-8-23(20-29(25)39)40-22-9-11-27-26(19-22)31-35-14-17-38(31)32-36-15-16-37(27)32/h4-14,17-20H,15-16H2,1-3H3. The van der Waals surface area contributed by atoms with Gasteiger partial charge in [-0.15, -0.1) is 0 Å². The summed E-state index contributed by atoms with van der Waals surface area (Å²) in [5.41, 5.74) is 5.60. The number of fused-ring (bicyclic) bond motifs is 9. The van der Waals surface area contributed by atoms with Crippen molar-refractivity contribution in [3.63, 3.8) is 0 Å². The Balaban J connectivity index is 1.24. The fourth-order valence-electron chi connectivity index (χ4n) is 5.93. The molecule has 7 nitrogen and oxygen atoms in total. The summed E-state index contributed by atoms with van der Waals surface area (Å²) in [4.78, 5) is 16.4. The third-order valence-corrected chi connectivity index (χ3v) is 7.90. The summed E-state index contributed by atoms with van der Waals surface area (Å²) >= 11 is 0. The Bertz CT molecular complexity index is 1990. The topological polar surface area (TPSA) is 60.5 Å². The van der Waals surface area contributed by atoms with Crippen LogP contribution >= 0.6 is 0 Å². The maximum absolute atomic E-state index is 6.50. The van der Waals surface area contributed by atoms with Crippen molar-refractivity contribution in [1.29, 1.82) is 0 Å². The maximum Gasteiger partial charge on any atom is 0.211 e. The zero-order valence-corrected chi connectivity index (χ0v) is 22.7. The van der Waals surface area contributed by atoms with Crippen molar-refractivity contribution in [3.8, 4) is 28.7 Å². The van der Waals surface area contributed by atoms with Gasteiger partial charge in [-0.3, -0.25) is 14.1 Å². The number of hydrogen-bond donors (Lipinski definition) is 0. The molecule has 0 aliphatic carbocycles. The van der Waals surface area contributed by atoms with Crippen LogP contribution in [-0.4, -0.2) is 38.2 Å². The molecule has 2 aliphatic heterocycles. The molecule has 0 radical (unpaired) electrons.